The highest BCUT2D eigenvalue weighted by molar-refractivity contribution is 9.10. The summed E-state index contributed by atoms with van der Waals surface area (Å²) in [5, 5.41) is 0. The lowest BCUT2D eigenvalue weighted by Crippen LogP contribution is -2.02. The third-order valence-corrected chi connectivity index (χ3v) is 6.06. The molecule has 0 aliphatic heterocycles. The number of ketones is 1. The molecule has 1 aromatic carbocycles. The molecular weight excluding hydrogens is 332 g/mol. The van der Waals surface area contributed by atoms with E-state index in [1.54, 1.807) is 11.3 Å². The lowest BCUT2D eigenvalue weighted by atomic mass is 9.97. The molecule has 0 fully saturated rings. The van der Waals surface area contributed by atoms with E-state index in [4.69, 9.17) is 0 Å². The quantitative estimate of drug-likeness (QED) is 0.678. The van der Waals surface area contributed by atoms with Crippen LogP contribution in [0.4, 0.5) is 0 Å². The van der Waals surface area contributed by atoms with Crippen LogP contribution in [0.5, 0.6) is 0 Å². The molecule has 2 aromatic rings. The van der Waals surface area contributed by atoms with Crippen molar-refractivity contribution in [1.82, 2.24) is 0 Å². The fraction of sp³-hybridized carbons (Fsp3) is 0.353. The fourth-order valence-corrected chi connectivity index (χ4v) is 4.43. The molecule has 0 unspecified atom stereocenters. The first kappa shape index (κ1) is 14.0. The number of carbonyl (C=O) groups is 1. The lowest BCUT2D eigenvalue weighted by Gasteiger charge is -2.08. The SMILES string of the molecule is Cc1cc(C(=O)c2cc3c(s2)CCCC3)c(C)cc1Br. The van der Waals surface area contributed by atoms with Crippen molar-refractivity contribution in [3.8, 4) is 0 Å². The normalized spacial score (nSPS) is 14.2. The van der Waals surface area contributed by atoms with Gasteiger partial charge in [-0.3, -0.25) is 4.79 Å². The molecule has 0 saturated carbocycles. The van der Waals surface area contributed by atoms with Crippen molar-refractivity contribution in [2.75, 3.05) is 0 Å². The molecule has 0 amide bonds. The monoisotopic (exact) mass is 348 g/mol. The second-order valence-corrected chi connectivity index (χ2v) is 7.50. The molecule has 3 rings (SSSR count). The summed E-state index contributed by atoms with van der Waals surface area (Å²) in [7, 11) is 0. The molecule has 0 saturated heterocycles. The van der Waals surface area contributed by atoms with Crippen molar-refractivity contribution >= 4 is 33.0 Å². The number of hydrogen-bond donors (Lipinski definition) is 0. The molecule has 1 aromatic heterocycles. The Morgan fingerprint density at radius 2 is 1.85 bits per heavy atom. The highest BCUT2D eigenvalue weighted by atomic mass is 79.9. The second-order valence-electron chi connectivity index (χ2n) is 5.51. The smallest absolute Gasteiger partial charge is 0.203 e. The Labute approximate surface area is 132 Å². The van der Waals surface area contributed by atoms with Gasteiger partial charge in [-0.05, 0) is 74.4 Å². The Balaban J connectivity index is 2.00. The number of fused-ring (bicyclic) bond motifs is 1. The van der Waals surface area contributed by atoms with Crippen LogP contribution in [0.15, 0.2) is 22.7 Å². The molecule has 104 valence electrons. The van der Waals surface area contributed by atoms with Gasteiger partial charge in [0.05, 0.1) is 4.88 Å². The first-order valence-corrected chi connectivity index (χ1v) is 8.60. The molecule has 1 heterocycles. The van der Waals surface area contributed by atoms with Crippen LogP contribution in [0.1, 0.15) is 49.6 Å². The summed E-state index contributed by atoms with van der Waals surface area (Å²) < 4.78 is 1.07. The van der Waals surface area contributed by atoms with Crippen LogP contribution < -0.4 is 0 Å². The van der Waals surface area contributed by atoms with Crippen molar-refractivity contribution in [1.29, 1.82) is 0 Å². The van der Waals surface area contributed by atoms with E-state index in [0.717, 1.165) is 38.9 Å². The van der Waals surface area contributed by atoms with Gasteiger partial charge >= 0.3 is 0 Å². The summed E-state index contributed by atoms with van der Waals surface area (Å²) in [6.45, 7) is 4.03. The van der Waals surface area contributed by atoms with Gasteiger partial charge in [0.25, 0.3) is 0 Å². The van der Waals surface area contributed by atoms with E-state index in [1.807, 2.05) is 26.0 Å². The minimum absolute atomic E-state index is 0.178. The van der Waals surface area contributed by atoms with Crippen molar-refractivity contribution in [3.05, 3.63) is 54.7 Å². The number of hydrogen-bond acceptors (Lipinski definition) is 2. The van der Waals surface area contributed by atoms with Crippen LogP contribution >= 0.6 is 27.3 Å². The van der Waals surface area contributed by atoms with Gasteiger partial charge in [0.15, 0.2) is 0 Å². The minimum Gasteiger partial charge on any atom is -0.288 e. The van der Waals surface area contributed by atoms with E-state index in [0.29, 0.717) is 0 Å². The average Bonchev–Trinajstić information content (AvgIpc) is 2.86. The zero-order valence-corrected chi connectivity index (χ0v) is 14.2. The van der Waals surface area contributed by atoms with E-state index >= 15 is 0 Å². The van der Waals surface area contributed by atoms with Gasteiger partial charge in [-0.15, -0.1) is 11.3 Å². The number of benzene rings is 1. The van der Waals surface area contributed by atoms with Crippen LogP contribution in [0.25, 0.3) is 0 Å². The molecule has 3 heteroatoms. The zero-order valence-electron chi connectivity index (χ0n) is 11.8. The molecule has 20 heavy (non-hydrogen) atoms. The maximum atomic E-state index is 12.7. The van der Waals surface area contributed by atoms with Crippen molar-refractivity contribution < 1.29 is 4.79 Å². The van der Waals surface area contributed by atoms with E-state index < -0.39 is 0 Å². The van der Waals surface area contributed by atoms with Gasteiger partial charge < -0.3 is 0 Å². The Morgan fingerprint density at radius 1 is 1.10 bits per heavy atom. The van der Waals surface area contributed by atoms with Gasteiger partial charge in [-0.2, -0.15) is 0 Å². The van der Waals surface area contributed by atoms with Crippen LogP contribution in [0.2, 0.25) is 0 Å². The van der Waals surface area contributed by atoms with Crippen molar-refractivity contribution in [3.63, 3.8) is 0 Å². The Bertz CT molecular complexity index is 661. The standard InChI is InChI=1S/C17H17BrOS/c1-10-8-14(18)11(2)7-13(10)17(19)16-9-12-5-3-4-6-15(12)20-16/h7-9H,3-6H2,1-2H3. The molecule has 1 aliphatic rings. The van der Waals surface area contributed by atoms with Gasteiger partial charge in [0.2, 0.25) is 5.78 Å². The molecule has 0 bridgehead atoms. The average molecular weight is 349 g/mol. The Kier molecular flexibility index (Phi) is 3.83. The highest BCUT2D eigenvalue weighted by Crippen LogP contribution is 2.32. The summed E-state index contributed by atoms with van der Waals surface area (Å²) in [6, 6.07) is 6.16. The topological polar surface area (TPSA) is 17.1 Å². The summed E-state index contributed by atoms with van der Waals surface area (Å²) >= 11 is 5.22. The Morgan fingerprint density at radius 3 is 2.60 bits per heavy atom. The van der Waals surface area contributed by atoms with Gasteiger partial charge in [-0.25, -0.2) is 0 Å². The number of thiophene rings is 1. The zero-order chi connectivity index (χ0) is 14.3. The van der Waals surface area contributed by atoms with Crippen molar-refractivity contribution in [2.45, 2.75) is 39.5 Å². The first-order valence-electron chi connectivity index (χ1n) is 6.99. The van der Waals surface area contributed by atoms with Crippen LogP contribution in [0, 0.1) is 13.8 Å². The van der Waals surface area contributed by atoms with Crippen LogP contribution in [-0.4, -0.2) is 5.78 Å². The van der Waals surface area contributed by atoms with Gasteiger partial charge in [0.1, 0.15) is 0 Å². The van der Waals surface area contributed by atoms with E-state index in [9.17, 15) is 4.79 Å². The third kappa shape index (κ3) is 2.49. The van der Waals surface area contributed by atoms with Gasteiger partial charge in [-0.1, -0.05) is 15.9 Å². The molecular formula is C17H17BrOS. The van der Waals surface area contributed by atoms with Crippen LogP contribution in [0.3, 0.4) is 0 Å². The lowest BCUT2D eigenvalue weighted by molar-refractivity contribution is 0.104. The highest BCUT2D eigenvalue weighted by Gasteiger charge is 2.19. The molecule has 0 spiro atoms. The van der Waals surface area contributed by atoms with Gasteiger partial charge in [0, 0.05) is 14.9 Å². The van der Waals surface area contributed by atoms with E-state index in [2.05, 4.69) is 22.0 Å². The fourth-order valence-electron chi connectivity index (χ4n) is 2.76. The number of rotatable bonds is 2. The number of aryl methyl sites for hydroxylation is 4. The third-order valence-electron chi connectivity index (χ3n) is 3.97. The molecule has 1 aliphatic carbocycles. The molecule has 1 nitrogen and oxygen atoms in total. The van der Waals surface area contributed by atoms with Crippen molar-refractivity contribution in [2.24, 2.45) is 0 Å². The summed E-state index contributed by atoms with van der Waals surface area (Å²) in [5.41, 5.74) is 4.39. The second kappa shape index (κ2) is 5.45. The summed E-state index contributed by atoms with van der Waals surface area (Å²) in [6.07, 6.45) is 4.80. The number of halogens is 1. The summed E-state index contributed by atoms with van der Waals surface area (Å²) in [4.78, 5) is 15.1. The van der Waals surface area contributed by atoms with E-state index in [-0.39, 0.29) is 5.78 Å². The maximum absolute atomic E-state index is 12.7. The number of carbonyl (C=O) groups excluding carboxylic acids is 1. The molecule has 0 atom stereocenters. The minimum atomic E-state index is 0.178. The first-order chi connectivity index (χ1) is 9.56. The van der Waals surface area contributed by atoms with E-state index in [1.165, 1.54) is 23.3 Å². The largest absolute Gasteiger partial charge is 0.288 e. The predicted octanol–water partition coefficient (Wildman–Crippen LogP) is 5.24. The Hall–Kier alpha value is -0.930. The van der Waals surface area contributed by atoms with Crippen LogP contribution in [-0.2, 0) is 12.8 Å². The predicted molar refractivity (Wildman–Crippen MR) is 88.0 cm³/mol. The molecule has 0 N–H and O–H groups in total. The summed E-state index contributed by atoms with van der Waals surface area (Å²) in [5.74, 6) is 0.178. The molecule has 0 radical (unpaired) electrons. The maximum Gasteiger partial charge on any atom is 0.203 e.